The first-order valence-electron chi connectivity index (χ1n) is 4.27. The van der Waals surface area contributed by atoms with E-state index in [9.17, 15) is 0 Å². The Morgan fingerprint density at radius 3 is 3.20 bits per heavy atom. The molecule has 0 aromatic rings. The molecule has 0 radical (unpaired) electrons. The van der Waals surface area contributed by atoms with E-state index in [1.54, 1.807) is 0 Å². The summed E-state index contributed by atoms with van der Waals surface area (Å²) in [7, 11) is 0. The standard InChI is InChI=1S/C8H16N2/c1-8-6-9-5-7(8)3-2-4-10-8/h7,9-10H,2-6H2,1H3. The molecular formula is C8H16N2. The number of fused-ring (bicyclic) bond motifs is 1. The van der Waals surface area contributed by atoms with Crippen molar-refractivity contribution in [2.24, 2.45) is 5.92 Å². The topological polar surface area (TPSA) is 24.1 Å². The number of nitrogens with one attached hydrogen (secondary N) is 2. The molecule has 0 aromatic carbocycles. The lowest BCUT2D eigenvalue weighted by Gasteiger charge is -2.36. The normalized spacial score (nSPS) is 47.1. The molecular weight excluding hydrogens is 124 g/mol. The molecule has 0 aromatic heterocycles. The van der Waals surface area contributed by atoms with E-state index < -0.39 is 0 Å². The molecule has 2 unspecified atom stereocenters. The van der Waals surface area contributed by atoms with Gasteiger partial charge >= 0.3 is 0 Å². The molecule has 2 heteroatoms. The van der Waals surface area contributed by atoms with E-state index in [2.05, 4.69) is 17.6 Å². The summed E-state index contributed by atoms with van der Waals surface area (Å²) >= 11 is 0. The summed E-state index contributed by atoms with van der Waals surface area (Å²) in [6.45, 7) is 5.95. The second-order valence-electron chi connectivity index (χ2n) is 3.81. The van der Waals surface area contributed by atoms with Crippen molar-refractivity contribution in [2.75, 3.05) is 19.6 Å². The first-order chi connectivity index (χ1) is 4.81. The Hall–Kier alpha value is -0.0800. The Bertz CT molecular complexity index is 135. The van der Waals surface area contributed by atoms with Crippen LogP contribution in [0.5, 0.6) is 0 Å². The Labute approximate surface area is 62.4 Å². The van der Waals surface area contributed by atoms with Crippen molar-refractivity contribution in [1.29, 1.82) is 0 Å². The smallest absolute Gasteiger partial charge is 0.0318 e. The van der Waals surface area contributed by atoms with Crippen LogP contribution in [0.2, 0.25) is 0 Å². The molecule has 2 nitrogen and oxygen atoms in total. The highest BCUT2D eigenvalue weighted by atomic mass is 15.1. The average Bonchev–Trinajstić information content (AvgIpc) is 2.29. The number of rotatable bonds is 0. The minimum Gasteiger partial charge on any atom is -0.315 e. The zero-order valence-electron chi connectivity index (χ0n) is 6.61. The third-order valence-electron chi connectivity index (χ3n) is 3.04. The Balaban J connectivity index is 2.10. The predicted octanol–water partition coefficient (Wildman–Crippen LogP) is 0.348. The van der Waals surface area contributed by atoms with Gasteiger partial charge in [-0.3, -0.25) is 0 Å². The van der Waals surface area contributed by atoms with Crippen molar-refractivity contribution in [3.05, 3.63) is 0 Å². The maximum Gasteiger partial charge on any atom is 0.0318 e. The summed E-state index contributed by atoms with van der Waals surface area (Å²) in [6, 6.07) is 0. The lowest BCUT2D eigenvalue weighted by atomic mass is 9.82. The van der Waals surface area contributed by atoms with Gasteiger partial charge in [0.25, 0.3) is 0 Å². The monoisotopic (exact) mass is 140 g/mol. The van der Waals surface area contributed by atoms with E-state index in [-0.39, 0.29) is 0 Å². The minimum atomic E-state index is 0.429. The zero-order chi connectivity index (χ0) is 7.03. The van der Waals surface area contributed by atoms with Gasteiger partial charge in [0.15, 0.2) is 0 Å². The highest BCUT2D eigenvalue weighted by Gasteiger charge is 2.39. The van der Waals surface area contributed by atoms with Crippen LogP contribution in [0.25, 0.3) is 0 Å². The van der Waals surface area contributed by atoms with Crippen LogP contribution < -0.4 is 10.6 Å². The van der Waals surface area contributed by atoms with Crippen LogP contribution in [0.3, 0.4) is 0 Å². The predicted molar refractivity (Wildman–Crippen MR) is 42.0 cm³/mol. The Kier molecular flexibility index (Phi) is 1.46. The quantitative estimate of drug-likeness (QED) is 0.507. The Morgan fingerprint density at radius 2 is 2.40 bits per heavy atom. The van der Waals surface area contributed by atoms with E-state index in [1.165, 1.54) is 25.9 Å². The first-order valence-corrected chi connectivity index (χ1v) is 4.27. The van der Waals surface area contributed by atoms with Crippen LogP contribution in [-0.2, 0) is 0 Å². The van der Waals surface area contributed by atoms with Crippen molar-refractivity contribution in [1.82, 2.24) is 10.6 Å². The molecule has 10 heavy (non-hydrogen) atoms. The van der Waals surface area contributed by atoms with E-state index in [0.29, 0.717) is 5.54 Å². The van der Waals surface area contributed by atoms with Crippen molar-refractivity contribution in [2.45, 2.75) is 25.3 Å². The molecule has 58 valence electrons. The second-order valence-corrected chi connectivity index (χ2v) is 3.81. The fourth-order valence-electron chi connectivity index (χ4n) is 2.23. The van der Waals surface area contributed by atoms with Gasteiger partial charge in [-0.25, -0.2) is 0 Å². The molecule has 2 saturated heterocycles. The second kappa shape index (κ2) is 2.21. The highest BCUT2D eigenvalue weighted by Crippen LogP contribution is 2.28. The van der Waals surface area contributed by atoms with Gasteiger partial charge in [0.05, 0.1) is 0 Å². The van der Waals surface area contributed by atoms with Gasteiger partial charge in [-0.2, -0.15) is 0 Å². The first kappa shape index (κ1) is 6.62. The van der Waals surface area contributed by atoms with Gasteiger partial charge < -0.3 is 10.6 Å². The third-order valence-corrected chi connectivity index (χ3v) is 3.04. The van der Waals surface area contributed by atoms with Crippen molar-refractivity contribution >= 4 is 0 Å². The molecule has 2 heterocycles. The summed E-state index contributed by atoms with van der Waals surface area (Å²) in [5.74, 6) is 0.890. The van der Waals surface area contributed by atoms with Crippen LogP contribution in [0.4, 0.5) is 0 Å². The van der Waals surface area contributed by atoms with Gasteiger partial charge in [0, 0.05) is 12.1 Å². The van der Waals surface area contributed by atoms with Crippen LogP contribution >= 0.6 is 0 Å². The highest BCUT2D eigenvalue weighted by molar-refractivity contribution is 5.00. The van der Waals surface area contributed by atoms with Gasteiger partial charge in [0.1, 0.15) is 0 Å². The van der Waals surface area contributed by atoms with Crippen LogP contribution in [0.15, 0.2) is 0 Å². The number of piperidine rings is 1. The largest absolute Gasteiger partial charge is 0.315 e. The zero-order valence-corrected chi connectivity index (χ0v) is 6.61. The number of hydrogen-bond donors (Lipinski definition) is 2. The maximum atomic E-state index is 3.59. The third kappa shape index (κ3) is 0.867. The molecule has 0 amide bonds. The molecule has 2 N–H and O–H groups in total. The summed E-state index contributed by atoms with van der Waals surface area (Å²) in [5.41, 5.74) is 0.429. The summed E-state index contributed by atoms with van der Waals surface area (Å²) in [4.78, 5) is 0. The van der Waals surface area contributed by atoms with Crippen molar-refractivity contribution < 1.29 is 0 Å². The van der Waals surface area contributed by atoms with E-state index in [0.717, 1.165) is 12.5 Å². The molecule has 2 rings (SSSR count). The van der Waals surface area contributed by atoms with Gasteiger partial charge in [-0.15, -0.1) is 0 Å². The maximum absolute atomic E-state index is 3.59. The van der Waals surface area contributed by atoms with Crippen LogP contribution in [0, 0.1) is 5.92 Å². The SMILES string of the molecule is CC12CNCC1CCCN2. The van der Waals surface area contributed by atoms with Crippen molar-refractivity contribution in [3.8, 4) is 0 Å². The molecule has 0 bridgehead atoms. The van der Waals surface area contributed by atoms with E-state index >= 15 is 0 Å². The summed E-state index contributed by atoms with van der Waals surface area (Å²) in [5, 5.41) is 7.04. The van der Waals surface area contributed by atoms with E-state index in [4.69, 9.17) is 0 Å². The van der Waals surface area contributed by atoms with Crippen LogP contribution in [-0.4, -0.2) is 25.2 Å². The fourth-order valence-corrected chi connectivity index (χ4v) is 2.23. The minimum absolute atomic E-state index is 0.429. The van der Waals surface area contributed by atoms with Gasteiger partial charge in [-0.05, 0) is 38.8 Å². The van der Waals surface area contributed by atoms with Crippen LogP contribution in [0.1, 0.15) is 19.8 Å². The van der Waals surface area contributed by atoms with Gasteiger partial charge in [0.2, 0.25) is 0 Å². The lowest BCUT2D eigenvalue weighted by molar-refractivity contribution is 0.233. The lowest BCUT2D eigenvalue weighted by Crippen LogP contribution is -2.52. The molecule has 2 aliphatic heterocycles. The molecule has 0 aliphatic carbocycles. The molecule has 0 spiro atoms. The summed E-state index contributed by atoms with van der Waals surface area (Å²) in [6.07, 6.45) is 2.78. The molecule has 0 saturated carbocycles. The molecule has 2 aliphatic rings. The Morgan fingerprint density at radius 1 is 1.50 bits per heavy atom. The fraction of sp³-hybridized carbons (Fsp3) is 1.00. The molecule has 2 fully saturated rings. The number of hydrogen-bond acceptors (Lipinski definition) is 2. The molecule has 2 atom stereocenters. The average molecular weight is 140 g/mol. The van der Waals surface area contributed by atoms with Crippen molar-refractivity contribution in [3.63, 3.8) is 0 Å². The van der Waals surface area contributed by atoms with E-state index in [1.807, 2.05) is 0 Å². The summed E-state index contributed by atoms with van der Waals surface area (Å²) < 4.78 is 0. The van der Waals surface area contributed by atoms with Gasteiger partial charge in [-0.1, -0.05) is 0 Å².